The van der Waals surface area contributed by atoms with E-state index in [0.29, 0.717) is 42.0 Å². The van der Waals surface area contributed by atoms with Crippen LogP contribution in [0.3, 0.4) is 0 Å². The molecule has 0 N–H and O–H groups in total. The van der Waals surface area contributed by atoms with E-state index in [4.69, 9.17) is 4.74 Å². The average Bonchev–Trinajstić information content (AvgIpc) is 3.71. The first-order valence-corrected chi connectivity index (χ1v) is 17.7. The number of halogens is 4. The summed E-state index contributed by atoms with van der Waals surface area (Å²) in [5.74, 6) is -1.10. The van der Waals surface area contributed by atoms with Gasteiger partial charge in [0.15, 0.2) is 5.69 Å². The molecule has 1 aliphatic heterocycles. The van der Waals surface area contributed by atoms with Crippen LogP contribution in [0, 0.1) is 12.7 Å². The molecule has 5 aromatic rings. The van der Waals surface area contributed by atoms with E-state index in [1.807, 2.05) is 10.6 Å². The molecule has 230 valence electrons. The Hall–Kier alpha value is -4.30. The topological polar surface area (TPSA) is 83.0 Å². The van der Waals surface area contributed by atoms with E-state index in [2.05, 4.69) is 34.8 Å². The monoisotopic (exact) mass is 625 g/mol. The number of aryl methyl sites for hydroxylation is 1. The van der Waals surface area contributed by atoms with Crippen LogP contribution in [0.4, 0.5) is 23.2 Å². The third-order valence-electron chi connectivity index (χ3n) is 7.90. The fraction of sp³-hybridized carbons (Fsp3) is 0.333. The summed E-state index contributed by atoms with van der Waals surface area (Å²) in [6, 6.07) is 9.64. The normalized spacial score (nSPS) is 15.5. The molecule has 2 aromatic carbocycles. The number of amides is 1. The summed E-state index contributed by atoms with van der Waals surface area (Å²) in [6.07, 6.45) is -1.40. The van der Waals surface area contributed by atoms with Crippen molar-refractivity contribution in [3.05, 3.63) is 89.0 Å². The number of imidazole rings is 1. The first-order valence-electron chi connectivity index (χ1n) is 14.0. The van der Waals surface area contributed by atoms with Gasteiger partial charge in [0.1, 0.15) is 12.5 Å². The van der Waals surface area contributed by atoms with Crippen LogP contribution in [0.1, 0.15) is 38.9 Å². The van der Waals surface area contributed by atoms with E-state index in [1.165, 1.54) is 17.0 Å². The van der Waals surface area contributed by atoms with Crippen molar-refractivity contribution in [1.82, 2.24) is 29.1 Å². The zero-order valence-corrected chi connectivity index (χ0v) is 25.9. The number of benzene rings is 2. The molecule has 3 aromatic heterocycles. The molecule has 6 rings (SSSR count). The summed E-state index contributed by atoms with van der Waals surface area (Å²) >= 11 is 0. The second-order valence-electron chi connectivity index (χ2n) is 12.2. The zero-order chi connectivity index (χ0) is 31.6. The Labute approximate surface area is 251 Å². The van der Waals surface area contributed by atoms with Gasteiger partial charge in [-0.15, -0.1) is 0 Å². The van der Waals surface area contributed by atoms with Crippen molar-refractivity contribution >= 4 is 30.7 Å². The number of anilines is 1. The maximum atomic E-state index is 15.9. The smallest absolute Gasteiger partial charge is 0.361 e. The number of hydrogen-bond acceptors (Lipinski definition) is 5. The third-order valence-corrected chi connectivity index (χ3v) is 9.60. The van der Waals surface area contributed by atoms with Crippen LogP contribution >= 0.6 is 0 Å². The van der Waals surface area contributed by atoms with Gasteiger partial charge in [-0.1, -0.05) is 25.7 Å². The van der Waals surface area contributed by atoms with E-state index < -0.39 is 37.6 Å². The van der Waals surface area contributed by atoms with Gasteiger partial charge < -0.3 is 9.30 Å². The fourth-order valence-electron chi connectivity index (χ4n) is 5.37. The summed E-state index contributed by atoms with van der Waals surface area (Å²) in [4.78, 5) is 19.8. The SMILES string of the molecule is Cc1c2c(nn1C)C(=O)N(c1ccc3c(c1)ncn3COCC[Si](C)(C)C)C2c1ccc(-n2cc(C(F)(F)F)cn2)cc1F. The van der Waals surface area contributed by atoms with Crippen LogP contribution in [0.15, 0.2) is 55.1 Å². The van der Waals surface area contributed by atoms with Gasteiger partial charge in [-0.2, -0.15) is 23.4 Å². The molecule has 1 aliphatic rings. The Bertz CT molecular complexity index is 1890. The highest BCUT2D eigenvalue weighted by molar-refractivity contribution is 6.76. The Morgan fingerprint density at radius 3 is 2.50 bits per heavy atom. The van der Waals surface area contributed by atoms with Crippen molar-refractivity contribution in [3.63, 3.8) is 0 Å². The van der Waals surface area contributed by atoms with E-state index in [0.717, 1.165) is 28.5 Å². The molecular formula is C30H31F4N7O2Si. The van der Waals surface area contributed by atoms with Crippen LogP contribution in [-0.2, 0) is 24.7 Å². The van der Waals surface area contributed by atoms with E-state index in [1.54, 1.807) is 37.1 Å². The fourth-order valence-corrected chi connectivity index (χ4v) is 6.12. The van der Waals surface area contributed by atoms with Crippen LogP contribution in [0.25, 0.3) is 16.7 Å². The summed E-state index contributed by atoms with van der Waals surface area (Å²) < 4.78 is 65.6. The lowest BCUT2D eigenvalue weighted by Crippen LogP contribution is -2.30. The van der Waals surface area contributed by atoms with Gasteiger partial charge in [0, 0.05) is 50.4 Å². The van der Waals surface area contributed by atoms with Crippen molar-refractivity contribution in [2.75, 3.05) is 11.5 Å². The molecule has 44 heavy (non-hydrogen) atoms. The number of aromatic nitrogens is 6. The Kier molecular flexibility index (Phi) is 7.23. The van der Waals surface area contributed by atoms with Gasteiger partial charge in [0.05, 0.1) is 40.9 Å². The predicted molar refractivity (Wildman–Crippen MR) is 159 cm³/mol. The summed E-state index contributed by atoms with van der Waals surface area (Å²) in [5, 5.41) is 8.17. The van der Waals surface area contributed by atoms with Crippen molar-refractivity contribution in [2.45, 2.75) is 51.6 Å². The molecular weight excluding hydrogens is 594 g/mol. The lowest BCUT2D eigenvalue weighted by Gasteiger charge is -2.27. The average molecular weight is 626 g/mol. The molecule has 1 atom stereocenters. The zero-order valence-electron chi connectivity index (χ0n) is 24.9. The standard InChI is InChI=1S/C30H31F4N7O2Si/c1-18-26-27(37-38(18)2)29(42)41(21-7-9-25-24(13-21)35-16-39(25)17-43-10-11-44(3,4)5)28(26)22-8-6-20(12-23(22)31)40-15-19(14-36-40)30(32,33)34/h6-9,12-16,28H,10-11,17H2,1-5H3. The lowest BCUT2D eigenvalue weighted by molar-refractivity contribution is -0.137. The van der Waals surface area contributed by atoms with Gasteiger partial charge in [-0.05, 0) is 43.3 Å². The van der Waals surface area contributed by atoms with Crippen LogP contribution in [-0.4, -0.2) is 49.7 Å². The first-order chi connectivity index (χ1) is 20.7. The minimum atomic E-state index is -4.58. The number of carbonyl (C=O) groups excluding carboxylic acids is 1. The highest BCUT2D eigenvalue weighted by Crippen LogP contribution is 2.44. The minimum Gasteiger partial charge on any atom is -0.361 e. The van der Waals surface area contributed by atoms with Gasteiger partial charge in [-0.3, -0.25) is 14.4 Å². The second-order valence-corrected chi connectivity index (χ2v) is 17.8. The number of rotatable bonds is 8. The van der Waals surface area contributed by atoms with Crippen molar-refractivity contribution in [3.8, 4) is 5.69 Å². The molecule has 0 saturated carbocycles. The predicted octanol–water partition coefficient (Wildman–Crippen LogP) is 6.48. The van der Waals surface area contributed by atoms with Gasteiger partial charge in [-0.25, -0.2) is 14.1 Å². The van der Waals surface area contributed by atoms with Crippen LogP contribution in [0.2, 0.25) is 25.7 Å². The second kappa shape index (κ2) is 10.7. The quantitative estimate of drug-likeness (QED) is 0.112. The number of ether oxygens (including phenoxy) is 1. The van der Waals surface area contributed by atoms with Crippen LogP contribution in [0.5, 0.6) is 0 Å². The number of nitrogens with zero attached hydrogens (tertiary/aromatic N) is 7. The maximum Gasteiger partial charge on any atom is 0.419 e. The van der Waals surface area contributed by atoms with Gasteiger partial charge in [0.25, 0.3) is 5.91 Å². The number of alkyl halides is 3. The van der Waals surface area contributed by atoms with Crippen LogP contribution < -0.4 is 4.90 Å². The first kappa shape index (κ1) is 29.8. The highest BCUT2D eigenvalue weighted by atomic mass is 28.3. The molecule has 0 aliphatic carbocycles. The molecule has 4 heterocycles. The van der Waals surface area contributed by atoms with Crippen molar-refractivity contribution < 1.29 is 27.1 Å². The summed E-state index contributed by atoms with van der Waals surface area (Å²) in [6.45, 7) is 9.69. The Morgan fingerprint density at radius 2 is 1.82 bits per heavy atom. The largest absolute Gasteiger partial charge is 0.419 e. The van der Waals surface area contributed by atoms with Gasteiger partial charge in [0.2, 0.25) is 0 Å². The molecule has 0 bridgehead atoms. The molecule has 14 heteroatoms. The van der Waals surface area contributed by atoms with E-state index in [9.17, 15) is 18.0 Å². The van der Waals surface area contributed by atoms with E-state index >= 15 is 4.39 Å². The van der Waals surface area contributed by atoms with Crippen molar-refractivity contribution in [2.24, 2.45) is 7.05 Å². The maximum absolute atomic E-state index is 15.9. The lowest BCUT2D eigenvalue weighted by atomic mass is 9.97. The molecule has 0 spiro atoms. The molecule has 9 nitrogen and oxygen atoms in total. The third kappa shape index (κ3) is 5.32. The summed E-state index contributed by atoms with van der Waals surface area (Å²) in [7, 11) is 0.488. The minimum absolute atomic E-state index is 0.111. The molecule has 0 saturated heterocycles. The number of fused-ring (bicyclic) bond motifs is 2. The number of hydrogen-bond donors (Lipinski definition) is 0. The van der Waals surface area contributed by atoms with Crippen molar-refractivity contribution in [1.29, 1.82) is 0 Å². The summed E-state index contributed by atoms with van der Waals surface area (Å²) in [5.41, 5.74) is 2.76. The Morgan fingerprint density at radius 1 is 1.07 bits per heavy atom. The molecule has 1 amide bonds. The highest BCUT2D eigenvalue weighted by Gasteiger charge is 2.44. The molecule has 1 unspecified atom stereocenters. The Balaban J connectivity index is 1.35. The van der Waals surface area contributed by atoms with E-state index in [-0.39, 0.29) is 16.9 Å². The van der Waals surface area contributed by atoms with Gasteiger partial charge >= 0.3 is 6.18 Å². The molecule has 0 fully saturated rings. The number of carbonyl (C=O) groups is 1. The molecule has 0 radical (unpaired) electrons.